The summed E-state index contributed by atoms with van der Waals surface area (Å²) in [4.78, 5) is 116. The lowest BCUT2D eigenvalue weighted by atomic mass is 9.84. The number of amides is 8. The number of nitrogens with zero attached hydrogens (tertiary/aromatic N) is 4. The van der Waals surface area contributed by atoms with Crippen LogP contribution in [0.25, 0.3) is 21.5 Å². The Morgan fingerprint density at radius 1 is 0.333 bits per heavy atom. The smallest absolute Gasteiger partial charge is 0.271 e. The molecule has 4 aliphatic heterocycles. The van der Waals surface area contributed by atoms with Crippen molar-refractivity contribution < 1.29 is 38.4 Å². The molecule has 12 nitrogen and oxygen atoms in total. The summed E-state index contributed by atoms with van der Waals surface area (Å²) in [5.74, 6) is -5.95. The lowest BCUT2D eigenvalue weighted by Gasteiger charge is -2.39. The van der Waals surface area contributed by atoms with Crippen molar-refractivity contribution in [1.82, 2.24) is 19.8 Å². The van der Waals surface area contributed by atoms with E-state index in [-0.39, 0.29) is 78.1 Å². The van der Waals surface area contributed by atoms with Crippen molar-refractivity contribution in [2.75, 3.05) is 0 Å². The number of carbonyl (C=O) groups is 8. The molecule has 0 aliphatic carbocycles. The Bertz CT molecular complexity index is 2130. The van der Waals surface area contributed by atoms with Crippen LogP contribution < -0.4 is 0 Å². The quantitative estimate of drug-likeness (QED) is 0.151. The van der Waals surface area contributed by atoms with Gasteiger partial charge >= 0.3 is 0 Å². The van der Waals surface area contributed by atoms with Gasteiger partial charge < -0.3 is 0 Å². The second kappa shape index (κ2) is 12.8. The minimum Gasteiger partial charge on any atom is -0.271 e. The van der Waals surface area contributed by atoms with E-state index < -0.39 is 47.3 Å². The summed E-state index contributed by atoms with van der Waals surface area (Å²) in [7, 11) is 0. The number of carbonyl (C=O) groups excluding carboxylic acids is 8. The Balaban J connectivity index is 1.20. The second-order valence-electron chi connectivity index (χ2n) is 14.4. The maximum atomic E-state index is 14.3. The minimum absolute atomic E-state index is 0.0560. The Kier molecular flexibility index (Phi) is 8.31. The van der Waals surface area contributed by atoms with Gasteiger partial charge in [0.05, 0.1) is 22.3 Å². The van der Waals surface area contributed by atoms with Crippen LogP contribution in [0.15, 0.2) is 48.5 Å². The first-order valence-corrected chi connectivity index (χ1v) is 18.7. The zero-order valence-corrected chi connectivity index (χ0v) is 30.5. The zero-order valence-electron chi connectivity index (χ0n) is 30.5. The van der Waals surface area contributed by atoms with Gasteiger partial charge in [0, 0.05) is 55.9 Å². The van der Waals surface area contributed by atoms with Crippen molar-refractivity contribution in [3.8, 4) is 0 Å². The van der Waals surface area contributed by atoms with Crippen molar-refractivity contribution in [2.24, 2.45) is 0 Å². The molecule has 8 amide bonds. The number of rotatable bonds is 11. The molecule has 4 aromatic carbocycles. The number of hydrogen-bond acceptors (Lipinski definition) is 8. The van der Waals surface area contributed by atoms with Crippen molar-refractivity contribution in [3.63, 3.8) is 0 Å². The van der Waals surface area contributed by atoms with E-state index in [1.54, 1.807) is 0 Å². The number of hydrogen-bond donors (Lipinski definition) is 0. The molecule has 0 atom stereocenters. The van der Waals surface area contributed by atoms with Gasteiger partial charge in [-0.25, -0.2) is 0 Å². The fourth-order valence-corrected chi connectivity index (χ4v) is 8.93. The minimum atomic E-state index is -0.983. The Morgan fingerprint density at radius 2 is 0.519 bits per heavy atom. The van der Waals surface area contributed by atoms with Crippen LogP contribution in [0.2, 0.25) is 0 Å². The first-order valence-electron chi connectivity index (χ1n) is 18.7. The summed E-state index contributed by atoms with van der Waals surface area (Å²) in [6.45, 7) is 7.94. The van der Waals surface area contributed by atoms with E-state index in [9.17, 15) is 38.4 Å². The standard InChI is InChI=1S/C42H38N4O8/c1-5-9-21(10-6-2)43-35(47)23-13-17-27-33-28(18-14-24(31(23)33)36(43)48)40(52)45(39(27)51)46-41(53)29-19-15-25-32-26(16-20-30(34(29)32)42(46)54)38(50)44(37(25)49)22(11-7-3)12-8-4/h13-22H,5-12H2,1-4H3. The molecule has 0 N–H and O–H groups in total. The van der Waals surface area contributed by atoms with Crippen molar-refractivity contribution in [3.05, 3.63) is 93.0 Å². The number of hydrazine groups is 1. The van der Waals surface area contributed by atoms with Crippen molar-refractivity contribution in [1.29, 1.82) is 0 Å². The van der Waals surface area contributed by atoms with Crippen LogP contribution in [0, 0.1) is 0 Å². The Morgan fingerprint density at radius 3 is 0.704 bits per heavy atom. The molecule has 4 aromatic rings. The van der Waals surface area contributed by atoms with Gasteiger partial charge in [0.15, 0.2) is 0 Å². The Labute approximate surface area is 310 Å². The van der Waals surface area contributed by atoms with E-state index in [2.05, 4.69) is 0 Å². The molecule has 0 radical (unpaired) electrons. The largest absolute Gasteiger partial charge is 0.281 e. The van der Waals surface area contributed by atoms with Crippen LogP contribution in [0.3, 0.4) is 0 Å². The van der Waals surface area contributed by atoms with E-state index in [0.29, 0.717) is 35.7 Å². The van der Waals surface area contributed by atoms with Gasteiger partial charge in [-0.2, -0.15) is 10.0 Å². The highest BCUT2D eigenvalue weighted by molar-refractivity contribution is 6.37. The van der Waals surface area contributed by atoms with Gasteiger partial charge in [0.2, 0.25) is 0 Å². The molecule has 8 rings (SSSR count). The van der Waals surface area contributed by atoms with Crippen molar-refractivity contribution in [2.45, 2.75) is 91.1 Å². The van der Waals surface area contributed by atoms with Gasteiger partial charge in [-0.05, 0) is 74.2 Å². The SMILES string of the molecule is CCCC(CCC)N1C(=O)c2ccc3c4c(ccc(c24)C1=O)C(=O)N(N1C(=O)c2ccc4c5c(ccc(c25)C1=O)C(=O)N(C(CCC)CCC)C4=O)C3=O. The van der Waals surface area contributed by atoms with Gasteiger partial charge in [-0.15, -0.1) is 0 Å². The van der Waals surface area contributed by atoms with Crippen LogP contribution in [0.4, 0.5) is 0 Å². The average Bonchev–Trinajstić information content (AvgIpc) is 3.16. The fourth-order valence-electron chi connectivity index (χ4n) is 8.93. The zero-order chi connectivity index (χ0) is 38.3. The molecule has 274 valence electrons. The van der Waals surface area contributed by atoms with E-state index in [1.165, 1.54) is 58.3 Å². The summed E-state index contributed by atoms with van der Waals surface area (Å²) in [5.41, 5.74) is 0.530. The topological polar surface area (TPSA) is 150 Å². The summed E-state index contributed by atoms with van der Waals surface area (Å²) in [6.07, 6.45) is 5.60. The molecule has 0 saturated heterocycles. The highest BCUT2D eigenvalue weighted by Crippen LogP contribution is 2.43. The normalized spacial score (nSPS) is 16.5. The molecule has 12 heteroatoms. The van der Waals surface area contributed by atoms with Gasteiger partial charge in [0.25, 0.3) is 47.3 Å². The van der Waals surface area contributed by atoms with Gasteiger partial charge in [-0.1, -0.05) is 53.4 Å². The van der Waals surface area contributed by atoms with Crippen molar-refractivity contribution >= 4 is 68.8 Å². The molecule has 0 unspecified atom stereocenters. The monoisotopic (exact) mass is 726 g/mol. The van der Waals surface area contributed by atoms with Crippen LogP contribution in [-0.2, 0) is 0 Å². The number of benzene rings is 4. The highest BCUT2D eigenvalue weighted by atomic mass is 16.2. The van der Waals surface area contributed by atoms with E-state index in [1.807, 2.05) is 27.7 Å². The maximum absolute atomic E-state index is 14.3. The molecule has 4 aliphatic rings. The van der Waals surface area contributed by atoms with Crippen LogP contribution >= 0.6 is 0 Å². The van der Waals surface area contributed by atoms with Crippen LogP contribution in [-0.4, -0.2) is 79.2 Å². The van der Waals surface area contributed by atoms with Gasteiger partial charge in [-0.3, -0.25) is 48.2 Å². The second-order valence-corrected chi connectivity index (χ2v) is 14.4. The molecule has 0 fully saturated rings. The summed E-state index contributed by atoms with van der Waals surface area (Å²) < 4.78 is 0. The lowest BCUT2D eigenvalue weighted by Crippen LogP contribution is -2.58. The molecule has 54 heavy (non-hydrogen) atoms. The Hall–Kier alpha value is -6.04. The third-order valence-corrected chi connectivity index (χ3v) is 11.2. The summed E-state index contributed by atoms with van der Waals surface area (Å²) in [6, 6.07) is 10.7. The predicted octanol–water partition coefficient (Wildman–Crippen LogP) is 6.93. The molecular formula is C42H38N4O8. The molecule has 0 bridgehead atoms. The van der Waals surface area contributed by atoms with Gasteiger partial charge in [0.1, 0.15) is 0 Å². The molecule has 0 aromatic heterocycles. The number of imide groups is 4. The summed E-state index contributed by atoms with van der Waals surface area (Å²) >= 11 is 0. The highest BCUT2D eigenvalue weighted by Gasteiger charge is 2.49. The maximum Gasteiger partial charge on any atom is 0.281 e. The third-order valence-electron chi connectivity index (χ3n) is 11.2. The first-order chi connectivity index (χ1) is 26.0. The van der Waals surface area contributed by atoms with Crippen LogP contribution in [0.1, 0.15) is 162 Å². The van der Waals surface area contributed by atoms with E-state index in [0.717, 1.165) is 25.7 Å². The lowest BCUT2D eigenvalue weighted by molar-refractivity contribution is 0.00211. The summed E-state index contributed by atoms with van der Waals surface area (Å²) in [5, 5.41) is 1.61. The molecule has 4 heterocycles. The predicted molar refractivity (Wildman–Crippen MR) is 197 cm³/mol. The average molecular weight is 727 g/mol. The third kappa shape index (κ3) is 4.61. The van der Waals surface area contributed by atoms with E-state index >= 15 is 0 Å². The molecule has 0 saturated carbocycles. The van der Waals surface area contributed by atoms with E-state index in [4.69, 9.17) is 0 Å². The first kappa shape index (κ1) is 35.0. The fraction of sp³-hybridized carbons (Fsp3) is 0.333. The molecule has 0 spiro atoms. The van der Waals surface area contributed by atoms with Crippen LogP contribution in [0.5, 0.6) is 0 Å². The molecular weight excluding hydrogens is 688 g/mol.